The molecule has 2 rings (SSSR count). The predicted molar refractivity (Wildman–Crippen MR) is 115 cm³/mol. The van der Waals surface area contributed by atoms with Gasteiger partial charge in [-0.2, -0.15) is 0 Å². The van der Waals surface area contributed by atoms with Crippen molar-refractivity contribution in [3.05, 3.63) is 34.9 Å². The van der Waals surface area contributed by atoms with Crippen LogP contribution in [0.3, 0.4) is 0 Å². The van der Waals surface area contributed by atoms with Gasteiger partial charge in [-0.1, -0.05) is 23.8 Å². The van der Waals surface area contributed by atoms with Crippen LogP contribution in [-0.2, 0) is 11.3 Å². The zero-order valence-electron chi connectivity index (χ0n) is 15.6. The van der Waals surface area contributed by atoms with Gasteiger partial charge in [0.25, 0.3) is 0 Å². The summed E-state index contributed by atoms with van der Waals surface area (Å²) in [6, 6.07) is 6.40. The first kappa shape index (κ1) is 21.7. The number of nitrogens with one attached hydrogen (secondary N) is 2. The van der Waals surface area contributed by atoms with Crippen molar-refractivity contribution < 1.29 is 4.79 Å². The second-order valence-electron chi connectivity index (χ2n) is 6.42. The molecule has 0 unspecified atom stereocenters. The number of likely N-dealkylation sites (tertiary alicyclic amines) is 1. The van der Waals surface area contributed by atoms with Crippen molar-refractivity contribution in [2.75, 3.05) is 26.2 Å². The highest BCUT2D eigenvalue weighted by Gasteiger charge is 2.16. The van der Waals surface area contributed by atoms with Gasteiger partial charge >= 0.3 is 0 Å². The van der Waals surface area contributed by atoms with Gasteiger partial charge in [0.1, 0.15) is 0 Å². The maximum absolute atomic E-state index is 12.3. The number of rotatable bonds is 5. The van der Waals surface area contributed by atoms with E-state index in [9.17, 15) is 4.79 Å². The second kappa shape index (κ2) is 11.3. The summed E-state index contributed by atoms with van der Waals surface area (Å²) >= 11 is 0. The van der Waals surface area contributed by atoms with E-state index < -0.39 is 0 Å². The van der Waals surface area contributed by atoms with Gasteiger partial charge in [-0.25, -0.2) is 4.99 Å². The molecule has 1 heterocycles. The highest BCUT2D eigenvalue weighted by molar-refractivity contribution is 14.0. The first-order chi connectivity index (χ1) is 11.6. The van der Waals surface area contributed by atoms with Gasteiger partial charge in [0, 0.05) is 19.6 Å². The number of amides is 1. The lowest BCUT2D eigenvalue weighted by Crippen LogP contribution is -2.46. The molecule has 0 aliphatic carbocycles. The highest BCUT2D eigenvalue weighted by atomic mass is 127. The van der Waals surface area contributed by atoms with Gasteiger partial charge in [-0.15, -0.1) is 24.0 Å². The number of guanidine groups is 1. The molecule has 0 bridgehead atoms. The number of halogens is 1. The lowest BCUT2D eigenvalue weighted by Gasteiger charge is -2.27. The molecule has 1 amide bonds. The fraction of sp³-hybridized carbons (Fsp3) is 0.579. The van der Waals surface area contributed by atoms with Crippen LogP contribution in [-0.4, -0.2) is 42.9 Å². The first-order valence-electron chi connectivity index (χ1n) is 8.96. The normalized spacial score (nSPS) is 14.7. The van der Waals surface area contributed by atoms with E-state index >= 15 is 0 Å². The lowest BCUT2D eigenvalue weighted by molar-refractivity contribution is -0.130. The van der Waals surface area contributed by atoms with Gasteiger partial charge in [0.15, 0.2) is 5.96 Å². The molecule has 0 radical (unpaired) electrons. The number of benzene rings is 1. The van der Waals surface area contributed by atoms with E-state index in [2.05, 4.69) is 47.7 Å². The number of nitrogens with zero attached hydrogens (tertiary/aromatic N) is 2. The van der Waals surface area contributed by atoms with Crippen molar-refractivity contribution in [3.63, 3.8) is 0 Å². The first-order valence-corrected chi connectivity index (χ1v) is 8.96. The van der Waals surface area contributed by atoms with Crippen LogP contribution >= 0.6 is 24.0 Å². The maximum Gasteiger partial charge on any atom is 0.241 e. The maximum atomic E-state index is 12.3. The SMILES string of the molecule is CCNC(=NCc1ccc(C)cc1C)NCC(=O)N1CCCCC1.I. The predicted octanol–water partition coefficient (Wildman–Crippen LogP) is 2.99. The molecule has 1 aromatic rings. The molecule has 0 spiro atoms. The van der Waals surface area contributed by atoms with Crippen molar-refractivity contribution in [2.45, 2.75) is 46.6 Å². The van der Waals surface area contributed by atoms with Crippen LogP contribution in [0.4, 0.5) is 0 Å². The number of aryl methyl sites for hydroxylation is 2. The van der Waals surface area contributed by atoms with Crippen LogP contribution < -0.4 is 10.6 Å². The number of aliphatic imine (C=N–C) groups is 1. The molecule has 6 heteroatoms. The van der Waals surface area contributed by atoms with Gasteiger partial charge < -0.3 is 15.5 Å². The monoisotopic (exact) mass is 458 g/mol. The molecular weight excluding hydrogens is 427 g/mol. The third-order valence-electron chi connectivity index (χ3n) is 4.37. The van der Waals surface area contributed by atoms with E-state index in [0.717, 1.165) is 32.5 Å². The van der Waals surface area contributed by atoms with Crippen LogP contribution in [0.5, 0.6) is 0 Å². The topological polar surface area (TPSA) is 56.7 Å². The molecule has 2 N–H and O–H groups in total. The second-order valence-corrected chi connectivity index (χ2v) is 6.42. The van der Waals surface area contributed by atoms with Crippen LogP contribution in [0.15, 0.2) is 23.2 Å². The molecule has 0 aromatic heterocycles. The minimum absolute atomic E-state index is 0. The van der Waals surface area contributed by atoms with Gasteiger partial charge in [0.05, 0.1) is 13.1 Å². The molecule has 0 atom stereocenters. The third-order valence-corrected chi connectivity index (χ3v) is 4.37. The Morgan fingerprint density at radius 1 is 1.16 bits per heavy atom. The molecule has 0 saturated carbocycles. The summed E-state index contributed by atoms with van der Waals surface area (Å²) in [5.74, 6) is 0.856. The minimum atomic E-state index is 0. The van der Waals surface area contributed by atoms with Crippen molar-refractivity contribution in [2.24, 2.45) is 4.99 Å². The van der Waals surface area contributed by atoms with Gasteiger partial charge in [0.2, 0.25) is 5.91 Å². The van der Waals surface area contributed by atoms with Crippen molar-refractivity contribution >= 4 is 35.8 Å². The Balaban J connectivity index is 0.00000312. The van der Waals surface area contributed by atoms with Crippen LogP contribution in [0.25, 0.3) is 0 Å². The zero-order chi connectivity index (χ0) is 17.4. The summed E-state index contributed by atoms with van der Waals surface area (Å²) in [5, 5.41) is 6.38. The van der Waals surface area contributed by atoms with E-state index in [-0.39, 0.29) is 29.9 Å². The van der Waals surface area contributed by atoms with Crippen LogP contribution in [0.1, 0.15) is 42.9 Å². The number of hydrogen-bond donors (Lipinski definition) is 2. The summed E-state index contributed by atoms with van der Waals surface area (Å²) in [6.07, 6.45) is 3.47. The van der Waals surface area contributed by atoms with Crippen LogP contribution in [0, 0.1) is 13.8 Å². The molecule has 1 aliphatic rings. The molecule has 140 valence electrons. The minimum Gasteiger partial charge on any atom is -0.357 e. The van der Waals surface area contributed by atoms with E-state index in [1.165, 1.54) is 23.1 Å². The average molecular weight is 458 g/mol. The summed E-state index contributed by atoms with van der Waals surface area (Å²) in [4.78, 5) is 18.8. The average Bonchev–Trinajstić information content (AvgIpc) is 2.59. The summed E-state index contributed by atoms with van der Waals surface area (Å²) in [6.45, 7) is 9.69. The summed E-state index contributed by atoms with van der Waals surface area (Å²) < 4.78 is 0. The Morgan fingerprint density at radius 2 is 1.88 bits per heavy atom. The van der Waals surface area contributed by atoms with E-state index in [0.29, 0.717) is 19.0 Å². The van der Waals surface area contributed by atoms with Crippen molar-refractivity contribution in [3.8, 4) is 0 Å². The molecule has 1 saturated heterocycles. The zero-order valence-corrected chi connectivity index (χ0v) is 17.9. The standard InChI is InChI=1S/C19H30N4O.HI/c1-4-20-19(21-13-17-9-8-15(2)12-16(17)3)22-14-18(24)23-10-6-5-7-11-23;/h8-9,12H,4-7,10-11,13-14H2,1-3H3,(H2,20,21,22);1H. The van der Waals surface area contributed by atoms with E-state index in [4.69, 9.17) is 0 Å². The third kappa shape index (κ3) is 7.22. The van der Waals surface area contributed by atoms with Crippen molar-refractivity contribution in [1.82, 2.24) is 15.5 Å². The number of piperidine rings is 1. The highest BCUT2D eigenvalue weighted by Crippen LogP contribution is 2.11. The van der Waals surface area contributed by atoms with Crippen molar-refractivity contribution in [1.29, 1.82) is 0 Å². The molecule has 1 aliphatic heterocycles. The molecular formula is C19H31IN4O. The smallest absolute Gasteiger partial charge is 0.241 e. The van der Waals surface area contributed by atoms with E-state index in [1.807, 2.05) is 11.8 Å². The number of carbonyl (C=O) groups is 1. The Morgan fingerprint density at radius 3 is 2.52 bits per heavy atom. The number of carbonyl (C=O) groups excluding carboxylic acids is 1. The molecule has 5 nitrogen and oxygen atoms in total. The van der Waals surface area contributed by atoms with Gasteiger partial charge in [-0.05, 0) is 51.2 Å². The quantitative estimate of drug-likeness (QED) is 0.405. The molecule has 25 heavy (non-hydrogen) atoms. The van der Waals surface area contributed by atoms with E-state index in [1.54, 1.807) is 0 Å². The Labute approximate surface area is 168 Å². The van der Waals surface area contributed by atoms with Gasteiger partial charge in [-0.3, -0.25) is 4.79 Å². The summed E-state index contributed by atoms with van der Waals surface area (Å²) in [5.41, 5.74) is 3.72. The lowest BCUT2D eigenvalue weighted by atomic mass is 10.1. The number of hydrogen-bond acceptors (Lipinski definition) is 2. The Hall–Kier alpha value is -1.31. The molecule has 1 fully saturated rings. The Bertz CT molecular complexity index is 583. The molecule has 1 aromatic carbocycles. The summed E-state index contributed by atoms with van der Waals surface area (Å²) in [7, 11) is 0. The fourth-order valence-corrected chi connectivity index (χ4v) is 2.94. The Kier molecular flexibility index (Phi) is 9.85. The van der Waals surface area contributed by atoms with Crippen LogP contribution in [0.2, 0.25) is 0 Å². The largest absolute Gasteiger partial charge is 0.357 e. The fourth-order valence-electron chi connectivity index (χ4n) is 2.94.